The van der Waals surface area contributed by atoms with Crippen LogP contribution in [0.25, 0.3) is 0 Å². The van der Waals surface area contributed by atoms with Gasteiger partial charge in [-0.05, 0) is 0 Å². The monoisotopic (exact) mass is 275 g/mol. The molecule has 1 aromatic rings. The van der Waals surface area contributed by atoms with Crippen molar-refractivity contribution in [2.24, 2.45) is 0 Å². The van der Waals surface area contributed by atoms with Crippen LogP contribution < -0.4 is 4.74 Å². The third-order valence-electron chi connectivity index (χ3n) is 1.68. The second-order valence-corrected chi connectivity index (χ2v) is 2.90. The molecule has 0 bridgehead atoms. The smallest absolute Gasteiger partial charge is 0.506 e. The molecule has 18 heavy (non-hydrogen) atoms. The minimum absolute atomic E-state index is 0.250. The van der Waals surface area contributed by atoms with Crippen molar-refractivity contribution in [2.75, 3.05) is 0 Å². The normalized spacial score (nSPS) is 12.3. The topological polar surface area (TPSA) is 59.4 Å². The fourth-order valence-corrected chi connectivity index (χ4v) is 1.08. The summed E-state index contributed by atoms with van der Waals surface area (Å²) < 4.78 is 76.1. The largest absolute Gasteiger partial charge is 0.574 e. The molecule has 1 heterocycles. The Labute approximate surface area is 94.8 Å². The highest BCUT2D eigenvalue weighted by atomic mass is 19.4. The number of ether oxygens (including phenoxy) is 1. The van der Waals surface area contributed by atoms with E-state index in [4.69, 9.17) is 5.11 Å². The van der Waals surface area contributed by atoms with E-state index in [0.717, 1.165) is 0 Å². The van der Waals surface area contributed by atoms with Crippen molar-refractivity contribution in [2.45, 2.75) is 12.5 Å². The molecule has 0 amide bonds. The van der Waals surface area contributed by atoms with Crippen LogP contribution in [0.1, 0.15) is 15.9 Å². The van der Waals surface area contributed by atoms with E-state index in [9.17, 15) is 31.1 Å². The van der Waals surface area contributed by atoms with Gasteiger partial charge in [0.25, 0.3) is 0 Å². The number of pyridine rings is 1. The van der Waals surface area contributed by atoms with Crippen molar-refractivity contribution >= 4 is 6.29 Å². The molecule has 1 aromatic heterocycles. The van der Waals surface area contributed by atoms with Gasteiger partial charge >= 0.3 is 12.5 Å². The molecular formula is C8H3F6NO3. The third kappa shape index (κ3) is 3.02. The number of aromatic hydroxyl groups is 1. The number of nitrogens with zero attached hydrogens (tertiary/aromatic N) is 1. The lowest BCUT2D eigenvalue weighted by Gasteiger charge is -2.16. The summed E-state index contributed by atoms with van der Waals surface area (Å²) in [6.45, 7) is 0. The number of halogens is 6. The van der Waals surface area contributed by atoms with Crippen molar-refractivity contribution < 1.29 is 41.0 Å². The minimum atomic E-state index is -5.41. The van der Waals surface area contributed by atoms with Crippen LogP contribution in [-0.2, 0) is 6.18 Å². The molecule has 0 aliphatic heterocycles. The molecule has 0 radical (unpaired) electrons. The van der Waals surface area contributed by atoms with E-state index in [-0.39, 0.29) is 6.20 Å². The first-order valence-corrected chi connectivity index (χ1v) is 4.06. The Kier molecular flexibility index (Phi) is 3.40. The molecule has 0 aliphatic rings. The first-order valence-electron chi connectivity index (χ1n) is 4.06. The van der Waals surface area contributed by atoms with Crippen LogP contribution in [0.3, 0.4) is 0 Å². The van der Waals surface area contributed by atoms with Gasteiger partial charge in [-0.25, -0.2) is 4.98 Å². The maximum Gasteiger partial charge on any atom is 0.574 e. The molecule has 1 N–H and O–H groups in total. The van der Waals surface area contributed by atoms with Gasteiger partial charge < -0.3 is 9.84 Å². The van der Waals surface area contributed by atoms with Gasteiger partial charge in [-0.3, -0.25) is 4.79 Å². The van der Waals surface area contributed by atoms with Crippen LogP contribution in [-0.4, -0.2) is 22.7 Å². The number of carbonyl (C=O) groups excluding carboxylic acids is 1. The van der Waals surface area contributed by atoms with E-state index in [0.29, 0.717) is 0 Å². The number of rotatable bonds is 2. The Morgan fingerprint density at radius 2 is 1.78 bits per heavy atom. The highest BCUT2D eigenvalue weighted by Gasteiger charge is 2.43. The summed E-state index contributed by atoms with van der Waals surface area (Å²) in [6.07, 6.45) is -10.9. The second-order valence-electron chi connectivity index (χ2n) is 2.90. The Morgan fingerprint density at radius 3 is 2.17 bits per heavy atom. The molecule has 10 heteroatoms. The zero-order valence-corrected chi connectivity index (χ0v) is 8.13. The zero-order chi connectivity index (χ0) is 14.1. The molecule has 0 spiro atoms. The van der Waals surface area contributed by atoms with E-state index in [1.807, 2.05) is 0 Å². The summed E-state index contributed by atoms with van der Waals surface area (Å²) in [5, 5.41) is 8.95. The number of carbonyl (C=O) groups is 1. The van der Waals surface area contributed by atoms with Crippen molar-refractivity contribution in [3.63, 3.8) is 0 Å². The summed E-state index contributed by atoms with van der Waals surface area (Å²) >= 11 is 0. The third-order valence-corrected chi connectivity index (χ3v) is 1.68. The number of hydrogen-bond donors (Lipinski definition) is 1. The summed E-state index contributed by atoms with van der Waals surface area (Å²) in [4.78, 5) is 13.1. The predicted molar refractivity (Wildman–Crippen MR) is 43.0 cm³/mol. The molecular weight excluding hydrogens is 272 g/mol. The van der Waals surface area contributed by atoms with Gasteiger partial charge in [0.05, 0.1) is 11.8 Å². The van der Waals surface area contributed by atoms with E-state index >= 15 is 0 Å². The Hall–Kier alpha value is -2.00. The predicted octanol–water partition coefficient (Wildman–Crippen LogP) is 2.52. The van der Waals surface area contributed by atoms with Crippen LogP contribution in [0.2, 0.25) is 0 Å². The van der Waals surface area contributed by atoms with Crippen LogP contribution in [0.5, 0.6) is 11.6 Å². The first-order chi connectivity index (χ1) is 8.06. The SMILES string of the molecule is O=Cc1c(O)cnc(OC(F)(F)F)c1C(F)(F)F. The summed E-state index contributed by atoms with van der Waals surface area (Å²) in [5.74, 6) is -3.05. The van der Waals surface area contributed by atoms with E-state index in [2.05, 4.69) is 9.72 Å². The van der Waals surface area contributed by atoms with Crippen molar-refractivity contribution in [1.82, 2.24) is 4.98 Å². The van der Waals surface area contributed by atoms with Gasteiger partial charge in [-0.15, -0.1) is 13.2 Å². The van der Waals surface area contributed by atoms with Gasteiger partial charge in [-0.1, -0.05) is 0 Å². The average Bonchev–Trinajstić information content (AvgIpc) is 2.16. The summed E-state index contributed by atoms with van der Waals surface area (Å²) in [5.41, 5.74) is -3.47. The summed E-state index contributed by atoms with van der Waals surface area (Å²) in [6, 6.07) is 0. The molecule has 0 saturated carbocycles. The molecule has 100 valence electrons. The van der Waals surface area contributed by atoms with Crippen molar-refractivity contribution in [3.8, 4) is 11.6 Å². The number of aromatic nitrogens is 1. The average molecular weight is 275 g/mol. The molecule has 4 nitrogen and oxygen atoms in total. The van der Waals surface area contributed by atoms with Crippen LogP contribution in [0.15, 0.2) is 6.20 Å². The molecule has 0 fully saturated rings. The van der Waals surface area contributed by atoms with Gasteiger partial charge in [0.1, 0.15) is 11.3 Å². The highest BCUT2D eigenvalue weighted by molar-refractivity contribution is 5.82. The van der Waals surface area contributed by atoms with Crippen LogP contribution >= 0.6 is 0 Å². The number of alkyl halides is 6. The maximum absolute atomic E-state index is 12.5. The van der Waals surface area contributed by atoms with Gasteiger partial charge in [-0.2, -0.15) is 13.2 Å². The van der Waals surface area contributed by atoms with Gasteiger partial charge in [0.15, 0.2) is 6.29 Å². The van der Waals surface area contributed by atoms with Crippen molar-refractivity contribution in [1.29, 1.82) is 0 Å². The van der Waals surface area contributed by atoms with Crippen LogP contribution in [0.4, 0.5) is 26.3 Å². The molecule has 1 rings (SSSR count). The zero-order valence-electron chi connectivity index (χ0n) is 8.13. The van der Waals surface area contributed by atoms with Gasteiger partial charge in [0.2, 0.25) is 5.88 Å². The minimum Gasteiger partial charge on any atom is -0.506 e. The van der Waals surface area contributed by atoms with Crippen molar-refractivity contribution in [3.05, 3.63) is 17.3 Å². The Morgan fingerprint density at radius 1 is 1.22 bits per heavy atom. The van der Waals surface area contributed by atoms with Gasteiger partial charge in [0, 0.05) is 0 Å². The molecule has 0 saturated heterocycles. The second kappa shape index (κ2) is 4.35. The number of aldehydes is 1. The molecule has 0 unspecified atom stereocenters. The lowest BCUT2D eigenvalue weighted by molar-refractivity contribution is -0.277. The molecule has 0 atom stereocenters. The fourth-order valence-electron chi connectivity index (χ4n) is 1.08. The molecule has 0 aliphatic carbocycles. The lowest BCUT2D eigenvalue weighted by atomic mass is 10.1. The lowest BCUT2D eigenvalue weighted by Crippen LogP contribution is -2.22. The number of hydrogen-bond acceptors (Lipinski definition) is 4. The maximum atomic E-state index is 12.5. The van der Waals surface area contributed by atoms with E-state index in [1.54, 1.807) is 0 Å². The summed E-state index contributed by atoms with van der Waals surface area (Å²) in [7, 11) is 0. The molecule has 0 aromatic carbocycles. The van der Waals surface area contributed by atoms with Crippen LogP contribution in [0, 0.1) is 0 Å². The quantitative estimate of drug-likeness (QED) is 0.665. The van der Waals surface area contributed by atoms with E-state index < -0.39 is 41.6 Å². The fraction of sp³-hybridized carbons (Fsp3) is 0.250. The highest BCUT2D eigenvalue weighted by Crippen LogP contribution is 2.41. The van der Waals surface area contributed by atoms with E-state index in [1.165, 1.54) is 0 Å². The first kappa shape index (κ1) is 14.1. The Bertz CT molecular complexity index is 467. The Balaban J connectivity index is 3.48. The standard InChI is InChI=1S/C8H3F6NO3/c9-7(10,11)5-3(2-16)4(17)1-15-6(5)18-8(12,13)14/h1-2,17H.